The molecule has 7 nitrogen and oxygen atoms in total. The normalized spacial score (nSPS) is 12.4. The molecule has 1 unspecified atom stereocenters. The number of esters is 1. The molecular formula is C22H26N4O3. The summed E-state index contributed by atoms with van der Waals surface area (Å²) in [6.07, 6.45) is 0.649. The van der Waals surface area contributed by atoms with E-state index in [0.717, 1.165) is 11.2 Å². The molecule has 1 atom stereocenters. The second kappa shape index (κ2) is 8.43. The van der Waals surface area contributed by atoms with E-state index in [-0.39, 0.29) is 12.0 Å². The maximum atomic E-state index is 12.9. The Morgan fingerprint density at radius 1 is 1.07 bits per heavy atom. The molecule has 0 bridgehead atoms. The minimum absolute atomic E-state index is 0.0933. The summed E-state index contributed by atoms with van der Waals surface area (Å²) in [6, 6.07) is 11.0. The number of para-hydroxylation sites is 1. The smallest absolute Gasteiger partial charge is 0.339 e. The highest BCUT2D eigenvalue weighted by Gasteiger charge is 2.23. The van der Waals surface area contributed by atoms with Crippen molar-refractivity contribution in [1.29, 1.82) is 0 Å². The van der Waals surface area contributed by atoms with E-state index in [1.54, 1.807) is 29.9 Å². The lowest BCUT2D eigenvalue weighted by molar-refractivity contribution is -0.123. The predicted octanol–water partition coefficient (Wildman–Crippen LogP) is 4.32. The molecule has 152 valence electrons. The molecule has 2 heterocycles. The van der Waals surface area contributed by atoms with Crippen LogP contribution in [-0.2, 0) is 9.53 Å². The lowest BCUT2D eigenvalue weighted by Crippen LogP contribution is -2.31. The van der Waals surface area contributed by atoms with E-state index in [2.05, 4.69) is 15.4 Å². The molecule has 0 aliphatic carbocycles. The molecular weight excluding hydrogens is 368 g/mol. The van der Waals surface area contributed by atoms with Gasteiger partial charge in [0.2, 0.25) is 0 Å². The summed E-state index contributed by atoms with van der Waals surface area (Å²) in [5, 5.41) is 7.65. The second-order valence-corrected chi connectivity index (χ2v) is 7.56. The van der Waals surface area contributed by atoms with E-state index in [9.17, 15) is 9.59 Å². The SMILES string of the molecule is CC(OC(=O)c1cc(C(C)C)nc2ccccc12)C(=O)Nc1ccnn1C(C)C. The Kier molecular flexibility index (Phi) is 5.96. The van der Waals surface area contributed by atoms with Crippen molar-refractivity contribution in [2.75, 3.05) is 5.32 Å². The Balaban J connectivity index is 1.80. The second-order valence-electron chi connectivity index (χ2n) is 7.56. The molecule has 1 N–H and O–H groups in total. The topological polar surface area (TPSA) is 86.1 Å². The molecule has 0 fully saturated rings. The van der Waals surface area contributed by atoms with E-state index in [0.29, 0.717) is 16.8 Å². The fourth-order valence-electron chi connectivity index (χ4n) is 2.99. The average molecular weight is 394 g/mol. The third kappa shape index (κ3) is 4.45. The largest absolute Gasteiger partial charge is 0.449 e. The van der Waals surface area contributed by atoms with Crippen LogP contribution < -0.4 is 5.32 Å². The molecule has 29 heavy (non-hydrogen) atoms. The molecule has 3 rings (SSSR count). The van der Waals surface area contributed by atoms with Gasteiger partial charge in [-0.25, -0.2) is 9.48 Å². The van der Waals surface area contributed by atoms with Gasteiger partial charge in [-0.1, -0.05) is 32.0 Å². The van der Waals surface area contributed by atoms with Gasteiger partial charge in [0.15, 0.2) is 6.10 Å². The Morgan fingerprint density at radius 3 is 2.48 bits per heavy atom. The standard InChI is InChI=1S/C22H26N4O3/c1-13(2)19-12-17(16-8-6-7-9-18(16)24-19)22(28)29-15(5)21(27)25-20-10-11-23-26(20)14(3)4/h6-15H,1-5H3,(H,25,27). The van der Waals surface area contributed by atoms with Crippen LogP contribution in [0.2, 0.25) is 0 Å². The first kappa shape index (κ1) is 20.5. The van der Waals surface area contributed by atoms with Gasteiger partial charge in [0, 0.05) is 23.2 Å². The number of benzene rings is 1. The Bertz CT molecular complexity index is 1040. The van der Waals surface area contributed by atoms with Crippen LogP contribution >= 0.6 is 0 Å². The number of nitrogens with zero attached hydrogens (tertiary/aromatic N) is 3. The predicted molar refractivity (Wildman–Crippen MR) is 112 cm³/mol. The molecule has 2 aromatic heterocycles. The number of ether oxygens (including phenoxy) is 1. The number of nitrogens with one attached hydrogen (secondary N) is 1. The van der Waals surface area contributed by atoms with Gasteiger partial charge in [-0.3, -0.25) is 9.78 Å². The number of rotatable bonds is 6. The van der Waals surface area contributed by atoms with Gasteiger partial charge < -0.3 is 10.1 Å². The van der Waals surface area contributed by atoms with Gasteiger partial charge >= 0.3 is 5.97 Å². The maximum absolute atomic E-state index is 12.9. The lowest BCUT2D eigenvalue weighted by atomic mass is 10.0. The molecule has 1 aromatic carbocycles. The van der Waals surface area contributed by atoms with Gasteiger partial charge in [0.25, 0.3) is 5.91 Å². The zero-order valence-electron chi connectivity index (χ0n) is 17.3. The molecule has 0 radical (unpaired) electrons. The number of carbonyl (C=O) groups excluding carboxylic acids is 2. The molecule has 0 saturated carbocycles. The molecule has 0 saturated heterocycles. The van der Waals surface area contributed by atoms with Gasteiger partial charge in [0.1, 0.15) is 5.82 Å². The number of pyridine rings is 1. The highest BCUT2D eigenvalue weighted by atomic mass is 16.5. The number of hydrogen-bond acceptors (Lipinski definition) is 5. The fourth-order valence-corrected chi connectivity index (χ4v) is 2.99. The number of hydrogen-bond donors (Lipinski definition) is 1. The minimum atomic E-state index is -0.965. The summed E-state index contributed by atoms with van der Waals surface area (Å²) in [5.74, 6) is -0.249. The molecule has 3 aromatic rings. The van der Waals surface area contributed by atoms with Gasteiger partial charge in [0.05, 0.1) is 17.3 Å². The van der Waals surface area contributed by atoms with Crippen molar-refractivity contribution in [2.45, 2.75) is 52.7 Å². The van der Waals surface area contributed by atoms with Crippen molar-refractivity contribution < 1.29 is 14.3 Å². The lowest BCUT2D eigenvalue weighted by Gasteiger charge is -2.17. The summed E-state index contributed by atoms with van der Waals surface area (Å²) in [6.45, 7) is 9.51. The van der Waals surface area contributed by atoms with E-state index in [1.807, 2.05) is 52.0 Å². The van der Waals surface area contributed by atoms with E-state index >= 15 is 0 Å². The van der Waals surface area contributed by atoms with Crippen LogP contribution in [0.4, 0.5) is 5.82 Å². The number of carbonyl (C=O) groups is 2. The van der Waals surface area contributed by atoms with Crippen molar-refractivity contribution in [2.24, 2.45) is 0 Å². The number of amides is 1. The summed E-state index contributed by atoms with van der Waals surface area (Å²) in [4.78, 5) is 30.0. The Labute approximate surface area is 170 Å². The average Bonchev–Trinajstić information content (AvgIpc) is 3.15. The quantitative estimate of drug-likeness (QED) is 0.629. The molecule has 7 heteroatoms. The summed E-state index contributed by atoms with van der Waals surface area (Å²) >= 11 is 0. The Hall–Kier alpha value is -3.22. The van der Waals surface area contributed by atoms with Crippen LogP contribution in [0.1, 0.15) is 62.6 Å². The van der Waals surface area contributed by atoms with Crippen molar-refractivity contribution in [3.8, 4) is 0 Å². The van der Waals surface area contributed by atoms with E-state index < -0.39 is 18.0 Å². The van der Waals surface area contributed by atoms with Crippen molar-refractivity contribution in [3.63, 3.8) is 0 Å². The van der Waals surface area contributed by atoms with Crippen molar-refractivity contribution >= 4 is 28.6 Å². The number of anilines is 1. The highest BCUT2D eigenvalue weighted by Crippen LogP contribution is 2.23. The third-order valence-electron chi connectivity index (χ3n) is 4.61. The van der Waals surface area contributed by atoms with Crippen LogP contribution in [0.3, 0.4) is 0 Å². The Morgan fingerprint density at radius 2 is 1.79 bits per heavy atom. The molecule has 1 amide bonds. The van der Waals surface area contributed by atoms with Crippen LogP contribution in [0.5, 0.6) is 0 Å². The van der Waals surface area contributed by atoms with Crippen LogP contribution in [-0.4, -0.2) is 32.7 Å². The van der Waals surface area contributed by atoms with Crippen molar-refractivity contribution in [1.82, 2.24) is 14.8 Å². The van der Waals surface area contributed by atoms with Crippen molar-refractivity contribution in [3.05, 3.63) is 53.9 Å². The van der Waals surface area contributed by atoms with Gasteiger partial charge in [-0.05, 0) is 38.8 Å². The van der Waals surface area contributed by atoms with Crippen LogP contribution in [0.25, 0.3) is 10.9 Å². The first-order chi connectivity index (χ1) is 13.8. The van der Waals surface area contributed by atoms with E-state index in [4.69, 9.17) is 4.74 Å². The van der Waals surface area contributed by atoms with Crippen LogP contribution in [0, 0.1) is 0 Å². The zero-order chi connectivity index (χ0) is 21.1. The minimum Gasteiger partial charge on any atom is -0.449 e. The number of fused-ring (bicyclic) bond motifs is 1. The summed E-state index contributed by atoms with van der Waals surface area (Å²) in [7, 11) is 0. The molecule has 0 aliphatic rings. The fraction of sp³-hybridized carbons (Fsp3) is 0.364. The third-order valence-corrected chi connectivity index (χ3v) is 4.61. The van der Waals surface area contributed by atoms with Gasteiger partial charge in [-0.15, -0.1) is 0 Å². The molecule has 0 spiro atoms. The van der Waals surface area contributed by atoms with E-state index in [1.165, 1.54) is 0 Å². The monoisotopic (exact) mass is 394 g/mol. The first-order valence-corrected chi connectivity index (χ1v) is 9.73. The highest BCUT2D eigenvalue weighted by molar-refractivity contribution is 6.05. The summed E-state index contributed by atoms with van der Waals surface area (Å²) < 4.78 is 7.17. The zero-order valence-corrected chi connectivity index (χ0v) is 17.3. The molecule has 0 aliphatic heterocycles. The van der Waals surface area contributed by atoms with Crippen LogP contribution in [0.15, 0.2) is 42.6 Å². The summed E-state index contributed by atoms with van der Waals surface area (Å²) in [5.41, 5.74) is 1.93. The first-order valence-electron chi connectivity index (χ1n) is 9.73. The maximum Gasteiger partial charge on any atom is 0.339 e. The number of aromatic nitrogens is 3. The van der Waals surface area contributed by atoms with Gasteiger partial charge in [-0.2, -0.15) is 5.10 Å².